The number of anilines is 1. The molecule has 1 fully saturated rings. The van der Waals surface area contributed by atoms with Crippen LogP contribution in [0.3, 0.4) is 0 Å². The van der Waals surface area contributed by atoms with Gasteiger partial charge in [0.1, 0.15) is 22.8 Å². The van der Waals surface area contributed by atoms with Crippen LogP contribution in [0.25, 0.3) is 0 Å². The van der Waals surface area contributed by atoms with E-state index in [1.54, 1.807) is 13.0 Å². The van der Waals surface area contributed by atoms with E-state index in [2.05, 4.69) is 4.98 Å². The molecule has 2 aromatic rings. The van der Waals surface area contributed by atoms with E-state index in [-0.39, 0.29) is 41.3 Å². The Morgan fingerprint density at radius 3 is 2.84 bits per heavy atom. The number of amides is 1. The molecule has 1 amide bonds. The van der Waals surface area contributed by atoms with Crippen molar-refractivity contribution >= 4 is 23.3 Å². The molecule has 0 unspecified atom stereocenters. The van der Waals surface area contributed by atoms with Crippen LogP contribution in [0.5, 0.6) is 5.75 Å². The minimum atomic E-state index is -0.406. The summed E-state index contributed by atoms with van der Waals surface area (Å²) in [5, 5.41) is 9.43. The number of aromatic nitrogens is 1. The maximum Gasteiger partial charge on any atom is 0.228 e. The number of hydrogen-bond acceptors (Lipinski definition) is 4. The lowest BCUT2D eigenvalue weighted by molar-refractivity contribution is -0.117. The van der Waals surface area contributed by atoms with Crippen molar-refractivity contribution in [2.45, 2.75) is 19.3 Å². The molecule has 0 bridgehead atoms. The summed E-state index contributed by atoms with van der Waals surface area (Å²) in [5.41, 5.74) is 1.46. The van der Waals surface area contributed by atoms with Crippen molar-refractivity contribution in [1.29, 1.82) is 5.26 Å². The molecular weight excluding hydrogens is 345 g/mol. The van der Waals surface area contributed by atoms with Crippen LogP contribution in [-0.4, -0.2) is 24.5 Å². The van der Waals surface area contributed by atoms with Gasteiger partial charge in [0.15, 0.2) is 5.82 Å². The van der Waals surface area contributed by atoms with Crippen molar-refractivity contribution in [2.75, 3.05) is 18.6 Å². The molecule has 7 heteroatoms. The Morgan fingerprint density at radius 1 is 1.44 bits per heavy atom. The molecule has 2 heterocycles. The van der Waals surface area contributed by atoms with E-state index in [4.69, 9.17) is 16.3 Å². The Hall–Kier alpha value is -2.65. The molecule has 0 spiro atoms. The number of nitriles is 1. The molecule has 1 aliphatic rings. The first-order valence-corrected chi connectivity index (χ1v) is 8.03. The fourth-order valence-electron chi connectivity index (χ4n) is 3.18. The lowest BCUT2D eigenvalue weighted by Gasteiger charge is -2.18. The normalized spacial score (nSPS) is 16.8. The number of nitrogens with zero attached hydrogens (tertiary/aromatic N) is 3. The predicted octanol–water partition coefficient (Wildman–Crippen LogP) is 3.58. The van der Waals surface area contributed by atoms with Crippen molar-refractivity contribution in [3.63, 3.8) is 0 Å². The zero-order chi connectivity index (χ0) is 18.1. The van der Waals surface area contributed by atoms with Crippen LogP contribution in [0.2, 0.25) is 5.15 Å². The molecular formula is C18H15ClFN3O2. The highest BCUT2D eigenvalue weighted by Crippen LogP contribution is 2.36. The van der Waals surface area contributed by atoms with E-state index in [1.165, 1.54) is 30.2 Å². The van der Waals surface area contributed by atoms with Gasteiger partial charge < -0.3 is 4.74 Å². The van der Waals surface area contributed by atoms with Crippen LogP contribution in [0.4, 0.5) is 10.2 Å². The summed E-state index contributed by atoms with van der Waals surface area (Å²) in [5.74, 6) is -0.301. The molecule has 1 saturated heterocycles. The number of benzene rings is 1. The van der Waals surface area contributed by atoms with Gasteiger partial charge >= 0.3 is 0 Å². The Kier molecular flexibility index (Phi) is 4.60. The molecule has 0 N–H and O–H groups in total. The summed E-state index contributed by atoms with van der Waals surface area (Å²) in [6, 6.07) is 8.07. The Morgan fingerprint density at radius 2 is 2.20 bits per heavy atom. The van der Waals surface area contributed by atoms with Crippen LogP contribution < -0.4 is 9.64 Å². The van der Waals surface area contributed by atoms with Crippen LogP contribution in [-0.2, 0) is 4.79 Å². The fraction of sp³-hybridized carbons (Fsp3) is 0.278. The highest BCUT2D eigenvalue weighted by molar-refractivity contribution is 6.29. The molecule has 1 aromatic carbocycles. The molecule has 1 atom stereocenters. The van der Waals surface area contributed by atoms with Crippen molar-refractivity contribution in [2.24, 2.45) is 0 Å². The van der Waals surface area contributed by atoms with Crippen LogP contribution in [0.1, 0.15) is 29.0 Å². The minimum Gasteiger partial charge on any atom is -0.497 e. The molecule has 0 radical (unpaired) electrons. The summed E-state index contributed by atoms with van der Waals surface area (Å²) in [4.78, 5) is 18.0. The minimum absolute atomic E-state index is 0.142. The second-order valence-corrected chi connectivity index (χ2v) is 6.25. The highest BCUT2D eigenvalue weighted by Gasteiger charge is 2.36. The average Bonchev–Trinajstić information content (AvgIpc) is 2.95. The summed E-state index contributed by atoms with van der Waals surface area (Å²) in [6.45, 7) is 2.03. The van der Waals surface area contributed by atoms with E-state index < -0.39 is 5.82 Å². The first-order chi connectivity index (χ1) is 11.9. The Labute approximate surface area is 149 Å². The second kappa shape index (κ2) is 6.69. The van der Waals surface area contributed by atoms with Gasteiger partial charge in [0.25, 0.3) is 0 Å². The number of ether oxygens (including phenoxy) is 1. The summed E-state index contributed by atoms with van der Waals surface area (Å²) >= 11 is 5.90. The van der Waals surface area contributed by atoms with Gasteiger partial charge in [0, 0.05) is 24.9 Å². The third kappa shape index (κ3) is 3.15. The number of halogens is 2. The standard InChI is InChI=1S/C18H15ClFN3O2/c1-10-5-13(25-2)7-14(20)17(10)12-6-16(24)23(9-12)18-11(8-21)3-4-15(19)22-18/h3-5,7,12H,6,9H2,1-2H3/t12-/m0/s1. The van der Waals surface area contributed by atoms with Gasteiger partial charge in [0.2, 0.25) is 5.91 Å². The smallest absolute Gasteiger partial charge is 0.228 e. The average molecular weight is 360 g/mol. The number of methoxy groups -OCH3 is 1. The zero-order valence-corrected chi connectivity index (χ0v) is 14.5. The third-order valence-electron chi connectivity index (χ3n) is 4.30. The predicted molar refractivity (Wildman–Crippen MR) is 91.4 cm³/mol. The van der Waals surface area contributed by atoms with Crippen LogP contribution >= 0.6 is 11.6 Å². The van der Waals surface area contributed by atoms with Gasteiger partial charge in [0.05, 0.1) is 12.7 Å². The first-order valence-electron chi connectivity index (χ1n) is 7.65. The number of pyridine rings is 1. The van der Waals surface area contributed by atoms with E-state index in [9.17, 15) is 14.4 Å². The van der Waals surface area contributed by atoms with Crippen molar-refractivity contribution < 1.29 is 13.9 Å². The monoisotopic (exact) mass is 359 g/mol. The molecule has 25 heavy (non-hydrogen) atoms. The number of carbonyl (C=O) groups excluding carboxylic acids is 1. The lowest BCUT2D eigenvalue weighted by Crippen LogP contribution is -2.26. The first kappa shape index (κ1) is 17.2. The molecule has 128 valence electrons. The quantitative estimate of drug-likeness (QED) is 0.785. The number of hydrogen-bond donors (Lipinski definition) is 0. The zero-order valence-electron chi connectivity index (χ0n) is 13.7. The SMILES string of the molecule is COc1cc(C)c([C@H]2CC(=O)N(c3nc(Cl)ccc3C#N)C2)c(F)c1. The highest BCUT2D eigenvalue weighted by atomic mass is 35.5. The summed E-state index contributed by atoms with van der Waals surface area (Å²) < 4.78 is 19.6. The van der Waals surface area contributed by atoms with Gasteiger partial charge in [-0.25, -0.2) is 9.37 Å². The maximum atomic E-state index is 14.5. The summed E-state index contributed by atoms with van der Waals surface area (Å²) in [6.07, 6.45) is 0.142. The van der Waals surface area contributed by atoms with Crippen molar-refractivity contribution in [1.82, 2.24) is 4.98 Å². The number of rotatable bonds is 3. The van der Waals surface area contributed by atoms with Gasteiger partial charge in [-0.3, -0.25) is 9.69 Å². The third-order valence-corrected chi connectivity index (χ3v) is 4.51. The van der Waals surface area contributed by atoms with Crippen molar-refractivity contribution in [3.8, 4) is 11.8 Å². The van der Waals surface area contributed by atoms with E-state index in [0.29, 0.717) is 11.3 Å². The molecule has 1 aromatic heterocycles. The number of aryl methyl sites for hydroxylation is 1. The van der Waals surface area contributed by atoms with E-state index >= 15 is 0 Å². The molecule has 3 rings (SSSR count). The number of carbonyl (C=O) groups is 1. The largest absolute Gasteiger partial charge is 0.497 e. The second-order valence-electron chi connectivity index (χ2n) is 5.86. The molecule has 0 saturated carbocycles. The van der Waals surface area contributed by atoms with Gasteiger partial charge in [-0.2, -0.15) is 5.26 Å². The van der Waals surface area contributed by atoms with E-state index in [0.717, 1.165) is 5.56 Å². The van der Waals surface area contributed by atoms with Gasteiger partial charge in [-0.1, -0.05) is 11.6 Å². The molecule has 0 aliphatic carbocycles. The summed E-state index contributed by atoms with van der Waals surface area (Å²) in [7, 11) is 1.48. The van der Waals surface area contributed by atoms with E-state index in [1.807, 2.05) is 6.07 Å². The molecule has 5 nitrogen and oxygen atoms in total. The van der Waals surface area contributed by atoms with Gasteiger partial charge in [-0.15, -0.1) is 0 Å². The van der Waals surface area contributed by atoms with Crippen LogP contribution in [0, 0.1) is 24.1 Å². The lowest BCUT2D eigenvalue weighted by atomic mass is 9.93. The topological polar surface area (TPSA) is 66.2 Å². The Balaban J connectivity index is 1.97. The van der Waals surface area contributed by atoms with Crippen LogP contribution in [0.15, 0.2) is 24.3 Å². The Bertz CT molecular complexity index is 871. The molecule has 1 aliphatic heterocycles. The maximum absolute atomic E-state index is 14.5. The van der Waals surface area contributed by atoms with Gasteiger partial charge in [-0.05, 0) is 36.2 Å². The van der Waals surface area contributed by atoms with Crippen molar-refractivity contribution in [3.05, 3.63) is 51.9 Å². The fourth-order valence-corrected chi connectivity index (χ4v) is 3.33.